The molecular weight excluding hydrogens is 232 g/mol. The van der Waals surface area contributed by atoms with Crippen molar-refractivity contribution in [2.75, 3.05) is 0 Å². The molecule has 0 aliphatic heterocycles. The second kappa shape index (κ2) is 6.56. The minimum absolute atomic E-state index is 0.161. The van der Waals surface area contributed by atoms with E-state index in [1.165, 1.54) is 48.8 Å². The largest absolute Gasteiger partial charge is 0.392 e. The molecule has 19 heavy (non-hydrogen) atoms. The van der Waals surface area contributed by atoms with Crippen LogP contribution in [0.3, 0.4) is 0 Å². The fourth-order valence-electron chi connectivity index (χ4n) is 3.83. The van der Waals surface area contributed by atoms with Crippen LogP contribution in [0.25, 0.3) is 0 Å². The molecule has 1 nitrogen and oxygen atoms in total. The lowest BCUT2D eigenvalue weighted by atomic mass is 9.74. The zero-order valence-corrected chi connectivity index (χ0v) is 12.7. The first kappa shape index (κ1) is 14.6. The van der Waals surface area contributed by atoms with Crippen LogP contribution in [0.5, 0.6) is 0 Å². The van der Waals surface area contributed by atoms with Crippen molar-refractivity contribution in [2.24, 2.45) is 11.8 Å². The molecule has 3 unspecified atom stereocenters. The molecule has 0 aromatic heterocycles. The molecule has 106 valence electrons. The molecule has 1 aromatic rings. The van der Waals surface area contributed by atoms with Crippen LogP contribution in [-0.2, 0) is 6.42 Å². The van der Waals surface area contributed by atoms with E-state index in [1.54, 1.807) is 0 Å². The van der Waals surface area contributed by atoms with Gasteiger partial charge >= 0.3 is 0 Å². The maximum absolute atomic E-state index is 10.6. The van der Waals surface area contributed by atoms with Gasteiger partial charge < -0.3 is 5.11 Å². The Morgan fingerprint density at radius 2 is 1.74 bits per heavy atom. The van der Waals surface area contributed by atoms with Gasteiger partial charge in [-0.1, -0.05) is 61.9 Å². The van der Waals surface area contributed by atoms with E-state index in [4.69, 9.17) is 0 Å². The Kier molecular flexibility index (Phi) is 5.04. The topological polar surface area (TPSA) is 20.2 Å². The number of aliphatic hydroxyl groups excluding tert-OH is 1. The Morgan fingerprint density at radius 1 is 1.11 bits per heavy atom. The molecule has 3 atom stereocenters. The molecule has 1 aliphatic carbocycles. The summed E-state index contributed by atoms with van der Waals surface area (Å²) in [6.07, 6.45) is 7.05. The van der Waals surface area contributed by atoms with Crippen molar-refractivity contribution in [3.63, 3.8) is 0 Å². The summed E-state index contributed by atoms with van der Waals surface area (Å²) in [6.45, 7) is 6.54. The van der Waals surface area contributed by atoms with Crippen LogP contribution < -0.4 is 0 Å². The molecule has 0 heterocycles. The number of aryl methyl sites for hydroxylation is 2. The molecule has 1 N–H and O–H groups in total. The van der Waals surface area contributed by atoms with Crippen molar-refractivity contribution in [1.29, 1.82) is 0 Å². The third-order valence-electron chi connectivity index (χ3n) is 4.71. The average Bonchev–Trinajstić information content (AvgIpc) is 2.37. The summed E-state index contributed by atoms with van der Waals surface area (Å²) < 4.78 is 0. The molecule has 1 saturated carbocycles. The molecule has 1 fully saturated rings. The zero-order chi connectivity index (χ0) is 13.8. The van der Waals surface area contributed by atoms with Crippen LogP contribution in [0.2, 0.25) is 0 Å². The zero-order valence-electron chi connectivity index (χ0n) is 12.7. The van der Waals surface area contributed by atoms with Crippen LogP contribution in [0.4, 0.5) is 0 Å². The Hall–Kier alpha value is -0.820. The van der Waals surface area contributed by atoms with Gasteiger partial charge in [0.2, 0.25) is 0 Å². The Balaban J connectivity index is 2.04. The molecular formula is C18H28O. The Labute approximate surface area is 118 Å². The van der Waals surface area contributed by atoms with Gasteiger partial charge in [0.05, 0.1) is 6.10 Å². The first-order valence-corrected chi connectivity index (χ1v) is 7.85. The van der Waals surface area contributed by atoms with Gasteiger partial charge in [0.25, 0.3) is 0 Å². The average molecular weight is 260 g/mol. The van der Waals surface area contributed by atoms with E-state index in [-0.39, 0.29) is 6.10 Å². The fraction of sp³-hybridized carbons (Fsp3) is 0.667. The summed E-state index contributed by atoms with van der Waals surface area (Å²) in [7, 11) is 0. The summed E-state index contributed by atoms with van der Waals surface area (Å²) in [6, 6.07) is 6.64. The summed E-state index contributed by atoms with van der Waals surface area (Å²) >= 11 is 0. The smallest absolute Gasteiger partial charge is 0.0611 e. The molecule has 0 amide bonds. The lowest BCUT2D eigenvalue weighted by Crippen LogP contribution is -2.32. The van der Waals surface area contributed by atoms with E-state index in [9.17, 15) is 5.11 Å². The number of benzene rings is 1. The number of aliphatic hydroxyl groups is 1. The molecule has 1 aromatic carbocycles. The van der Waals surface area contributed by atoms with E-state index in [1.807, 2.05) is 0 Å². The fourth-order valence-corrected chi connectivity index (χ4v) is 3.83. The van der Waals surface area contributed by atoms with Gasteiger partial charge in [-0.3, -0.25) is 0 Å². The highest BCUT2D eigenvalue weighted by atomic mass is 16.3. The lowest BCUT2D eigenvalue weighted by Gasteiger charge is -2.34. The van der Waals surface area contributed by atoms with Crippen LogP contribution in [0.15, 0.2) is 18.2 Å². The normalized spacial score (nSPS) is 25.3. The third kappa shape index (κ3) is 3.82. The highest BCUT2D eigenvalue weighted by Crippen LogP contribution is 2.35. The lowest BCUT2D eigenvalue weighted by molar-refractivity contribution is 0.0464. The SMILES string of the molecule is CCC1CCCCC1C(O)Cc1cc(C)cc(C)c1. The maximum Gasteiger partial charge on any atom is 0.0611 e. The Bertz CT molecular complexity index is 390. The first-order valence-electron chi connectivity index (χ1n) is 7.85. The van der Waals surface area contributed by atoms with Crippen molar-refractivity contribution in [1.82, 2.24) is 0 Å². The standard InChI is InChI=1S/C18H28O/c1-4-16-7-5-6-8-17(16)18(19)12-15-10-13(2)9-14(3)11-15/h9-11,16-19H,4-8,12H2,1-3H3. The predicted octanol–water partition coefficient (Wildman–Crippen LogP) is 4.42. The molecule has 2 rings (SSSR count). The number of rotatable bonds is 4. The molecule has 1 heteroatoms. The predicted molar refractivity (Wildman–Crippen MR) is 81.4 cm³/mol. The van der Waals surface area contributed by atoms with Crippen molar-refractivity contribution in [3.8, 4) is 0 Å². The Morgan fingerprint density at radius 3 is 2.37 bits per heavy atom. The number of hydrogen-bond donors (Lipinski definition) is 1. The minimum Gasteiger partial charge on any atom is -0.392 e. The van der Waals surface area contributed by atoms with Gasteiger partial charge in [0.1, 0.15) is 0 Å². The summed E-state index contributed by atoms with van der Waals surface area (Å²) in [5, 5.41) is 10.6. The molecule has 1 aliphatic rings. The van der Waals surface area contributed by atoms with Gasteiger partial charge in [0, 0.05) is 0 Å². The van der Waals surface area contributed by atoms with Crippen molar-refractivity contribution in [2.45, 2.75) is 65.4 Å². The monoisotopic (exact) mass is 260 g/mol. The van der Waals surface area contributed by atoms with Crippen LogP contribution in [0.1, 0.15) is 55.7 Å². The van der Waals surface area contributed by atoms with Gasteiger partial charge in [-0.2, -0.15) is 0 Å². The maximum atomic E-state index is 10.6. The molecule has 0 saturated heterocycles. The van der Waals surface area contributed by atoms with E-state index in [0.29, 0.717) is 5.92 Å². The second-order valence-corrected chi connectivity index (χ2v) is 6.38. The third-order valence-corrected chi connectivity index (χ3v) is 4.71. The second-order valence-electron chi connectivity index (χ2n) is 6.38. The van der Waals surface area contributed by atoms with Gasteiger partial charge in [-0.25, -0.2) is 0 Å². The highest BCUT2D eigenvalue weighted by Gasteiger charge is 2.29. The van der Waals surface area contributed by atoms with Gasteiger partial charge in [0.15, 0.2) is 0 Å². The van der Waals surface area contributed by atoms with E-state index >= 15 is 0 Å². The van der Waals surface area contributed by atoms with E-state index in [2.05, 4.69) is 39.0 Å². The van der Waals surface area contributed by atoms with Crippen molar-refractivity contribution >= 4 is 0 Å². The molecule has 0 spiro atoms. The molecule has 0 bridgehead atoms. The van der Waals surface area contributed by atoms with Crippen LogP contribution in [0, 0.1) is 25.7 Å². The molecule has 0 radical (unpaired) electrons. The quantitative estimate of drug-likeness (QED) is 0.849. The summed E-state index contributed by atoms with van der Waals surface area (Å²) in [5.41, 5.74) is 3.90. The van der Waals surface area contributed by atoms with Crippen LogP contribution >= 0.6 is 0 Å². The highest BCUT2D eigenvalue weighted by molar-refractivity contribution is 5.29. The summed E-state index contributed by atoms with van der Waals surface area (Å²) in [5.74, 6) is 1.24. The first-order chi connectivity index (χ1) is 9.10. The summed E-state index contributed by atoms with van der Waals surface area (Å²) in [4.78, 5) is 0. The van der Waals surface area contributed by atoms with Gasteiger partial charge in [-0.15, -0.1) is 0 Å². The van der Waals surface area contributed by atoms with Gasteiger partial charge in [-0.05, 0) is 44.1 Å². The van der Waals surface area contributed by atoms with Crippen molar-refractivity contribution < 1.29 is 5.11 Å². The number of hydrogen-bond acceptors (Lipinski definition) is 1. The van der Waals surface area contributed by atoms with Crippen molar-refractivity contribution in [3.05, 3.63) is 34.9 Å². The van der Waals surface area contributed by atoms with Crippen LogP contribution in [-0.4, -0.2) is 11.2 Å². The van der Waals surface area contributed by atoms with E-state index in [0.717, 1.165) is 12.3 Å². The van der Waals surface area contributed by atoms with E-state index < -0.39 is 0 Å². The minimum atomic E-state index is -0.161.